The zero-order valence-electron chi connectivity index (χ0n) is 12.3. The number of benzene rings is 1. The van der Waals surface area contributed by atoms with Crippen LogP contribution < -0.4 is 0 Å². The predicted octanol–water partition coefficient (Wildman–Crippen LogP) is 3.28. The number of hydrogen-bond donors (Lipinski definition) is 1. The number of aliphatic hydroxyl groups is 1. The average Bonchev–Trinajstić information content (AvgIpc) is 3.32. The van der Waals surface area contributed by atoms with Gasteiger partial charge in [-0.15, -0.1) is 0 Å². The van der Waals surface area contributed by atoms with E-state index < -0.39 is 0 Å². The van der Waals surface area contributed by atoms with Crippen LogP contribution >= 0.6 is 0 Å². The molecule has 0 amide bonds. The van der Waals surface area contributed by atoms with E-state index >= 15 is 0 Å². The van der Waals surface area contributed by atoms with E-state index in [2.05, 4.69) is 5.97 Å². The molecular weight excluding hydrogens is 259 g/mol. The van der Waals surface area contributed by atoms with Crippen LogP contribution in [0.25, 0.3) is 0 Å². The maximum absolute atomic E-state index is 8.95. The molecule has 2 fully saturated rings. The second-order valence-corrected chi connectivity index (χ2v) is 6.05. The molecule has 3 rings (SSSR count). The lowest BCUT2D eigenvalue weighted by Gasteiger charge is -2.22. The molecule has 0 spiro atoms. The van der Waals surface area contributed by atoms with E-state index in [1.807, 2.05) is 24.3 Å². The molecule has 1 N–H and O–H groups in total. The summed E-state index contributed by atoms with van der Waals surface area (Å²) in [6.07, 6.45) is 5.90. The average molecular weight is 280 g/mol. The Kier molecular flexibility index (Phi) is 5.84. The normalized spacial score (nSPS) is 25.4. The molecule has 2 saturated carbocycles. The molecule has 1 aromatic carbocycles. The summed E-state index contributed by atoms with van der Waals surface area (Å²) in [5.74, 6) is 4.88. The van der Waals surface area contributed by atoms with Gasteiger partial charge in [0.25, 0.3) is 6.71 Å². The summed E-state index contributed by atoms with van der Waals surface area (Å²) >= 11 is 0. The first kappa shape index (κ1) is 15.6. The molecule has 108 valence electrons. The van der Waals surface area contributed by atoms with E-state index in [1.54, 1.807) is 12.1 Å². The van der Waals surface area contributed by atoms with E-state index in [0.29, 0.717) is 17.7 Å². The molecule has 3 atom stereocenters. The minimum atomic E-state index is 0.117. The third-order valence-electron chi connectivity index (χ3n) is 4.66. The fraction of sp³-hybridized carbons (Fsp3) is 0.529. The van der Waals surface area contributed by atoms with Crippen LogP contribution in [0.15, 0.2) is 30.3 Å². The summed E-state index contributed by atoms with van der Waals surface area (Å²) in [4.78, 5) is 0. The third kappa shape index (κ3) is 4.62. The van der Waals surface area contributed by atoms with Gasteiger partial charge >= 0.3 is 0 Å². The number of rotatable bonds is 3. The Morgan fingerprint density at radius 2 is 1.86 bits per heavy atom. The molecule has 2 aliphatic carbocycles. The highest BCUT2D eigenvalue weighted by Crippen LogP contribution is 2.54. The quantitative estimate of drug-likeness (QED) is 0.864. The van der Waals surface area contributed by atoms with Crippen LogP contribution in [-0.4, -0.2) is 18.4 Å². The highest BCUT2D eigenvalue weighted by Gasteiger charge is 2.44. The molecule has 0 aliphatic heterocycles. The van der Waals surface area contributed by atoms with Gasteiger partial charge in [0.15, 0.2) is 0 Å². The van der Waals surface area contributed by atoms with Crippen molar-refractivity contribution < 1.29 is 5.11 Å². The number of fused-ring (bicyclic) bond motifs is 1. The Morgan fingerprint density at radius 3 is 2.38 bits per heavy atom. The largest absolute Gasteiger partial charge is 0.397 e. The van der Waals surface area contributed by atoms with Crippen LogP contribution in [0, 0.1) is 34.4 Å². The monoisotopic (exact) mass is 280 g/mol. The van der Waals surface area contributed by atoms with Crippen molar-refractivity contribution >= 4 is 6.71 Å². The molecule has 1 aromatic rings. The molecule has 0 aromatic heterocycles. The molecule has 0 heterocycles. The minimum absolute atomic E-state index is 0.117. The van der Waals surface area contributed by atoms with Gasteiger partial charge < -0.3 is 5.11 Å². The predicted molar refractivity (Wildman–Crippen MR) is 83.6 cm³/mol. The minimum Gasteiger partial charge on any atom is -0.397 e. The van der Waals surface area contributed by atoms with E-state index in [1.165, 1.54) is 25.7 Å². The van der Waals surface area contributed by atoms with Gasteiger partial charge in [-0.2, -0.15) is 5.26 Å². The number of nitriles is 2. The lowest BCUT2D eigenvalue weighted by Crippen LogP contribution is -2.23. The zero-order valence-corrected chi connectivity index (χ0v) is 12.3. The summed E-state index contributed by atoms with van der Waals surface area (Å²) in [5.41, 5.74) is 0.715. The maximum atomic E-state index is 8.95. The maximum Gasteiger partial charge on any atom is 0.273 e. The Bertz CT molecular complexity index is 520. The Labute approximate surface area is 127 Å². The van der Waals surface area contributed by atoms with Crippen molar-refractivity contribution in [2.75, 3.05) is 6.61 Å². The van der Waals surface area contributed by atoms with Gasteiger partial charge in [0.2, 0.25) is 0 Å². The Hall–Kier alpha value is -1.78. The van der Waals surface area contributed by atoms with Crippen molar-refractivity contribution in [3.8, 4) is 12.0 Å². The molecule has 0 bridgehead atoms. The van der Waals surface area contributed by atoms with E-state index in [0.717, 1.165) is 11.8 Å². The summed E-state index contributed by atoms with van der Waals surface area (Å²) < 4.78 is 0. The first-order valence-corrected chi connectivity index (χ1v) is 7.74. The van der Waals surface area contributed by atoms with Crippen LogP contribution in [0.2, 0.25) is 12.1 Å². The Morgan fingerprint density at radius 1 is 1.10 bits per heavy atom. The SMILES string of the molecule is N#CB(CCO)C1CCC2CC2C1.N#Cc1ccccc1. The summed E-state index contributed by atoms with van der Waals surface area (Å²) in [5, 5.41) is 26.1. The summed E-state index contributed by atoms with van der Waals surface area (Å²) in [7, 11) is 0. The molecule has 21 heavy (non-hydrogen) atoms. The number of hydrogen-bond acceptors (Lipinski definition) is 3. The summed E-state index contributed by atoms with van der Waals surface area (Å²) in [6.45, 7) is 0.287. The molecule has 3 nitrogen and oxygen atoms in total. The van der Waals surface area contributed by atoms with Gasteiger partial charge in [-0.25, -0.2) is 5.26 Å². The highest BCUT2D eigenvalue weighted by molar-refractivity contribution is 6.68. The van der Waals surface area contributed by atoms with E-state index in [4.69, 9.17) is 15.6 Å². The second-order valence-electron chi connectivity index (χ2n) is 6.05. The van der Waals surface area contributed by atoms with Gasteiger partial charge in [-0.3, -0.25) is 0 Å². The molecule has 2 aliphatic rings. The molecule has 0 radical (unpaired) electrons. The van der Waals surface area contributed by atoms with Crippen LogP contribution in [0.4, 0.5) is 0 Å². The first-order valence-electron chi connectivity index (χ1n) is 7.74. The van der Waals surface area contributed by atoms with Crippen LogP contribution in [0.3, 0.4) is 0 Å². The molecule has 0 saturated heterocycles. The van der Waals surface area contributed by atoms with Gasteiger partial charge in [-0.1, -0.05) is 37.5 Å². The van der Waals surface area contributed by atoms with Crippen molar-refractivity contribution in [3.63, 3.8) is 0 Å². The standard InChI is InChI=1S/C10H16BNO.C7H5N/c12-7-11(3-4-13)10-2-1-8-5-9(8)6-10;8-6-7-4-2-1-3-5-7/h8-10,13H,1-6H2;1-5H. The van der Waals surface area contributed by atoms with Crippen molar-refractivity contribution in [2.24, 2.45) is 11.8 Å². The molecule has 4 heteroatoms. The second kappa shape index (κ2) is 7.86. The zero-order chi connectivity index (χ0) is 15.1. The van der Waals surface area contributed by atoms with Gasteiger partial charge in [-0.05, 0) is 42.5 Å². The highest BCUT2D eigenvalue weighted by atomic mass is 16.2. The first-order chi connectivity index (χ1) is 10.3. The van der Waals surface area contributed by atoms with Crippen LogP contribution in [0.1, 0.15) is 31.2 Å². The smallest absolute Gasteiger partial charge is 0.273 e. The van der Waals surface area contributed by atoms with Crippen molar-refractivity contribution in [2.45, 2.75) is 37.8 Å². The Balaban J connectivity index is 0.000000173. The van der Waals surface area contributed by atoms with Crippen LogP contribution in [0.5, 0.6) is 0 Å². The summed E-state index contributed by atoms with van der Waals surface area (Å²) in [6, 6.07) is 11.2. The number of aliphatic hydroxyl groups excluding tert-OH is 1. The van der Waals surface area contributed by atoms with Crippen molar-refractivity contribution in [1.29, 1.82) is 10.5 Å². The van der Waals surface area contributed by atoms with Gasteiger partial charge in [0, 0.05) is 12.6 Å². The van der Waals surface area contributed by atoms with Crippen LogP contribution in [-0.2, 0) is 0 Å². The van der Waals surface area contributed by atoms with Gasteiger partial charge in [0.1, 0.15) is 0 Å². The van der Waals surface area contributed by atoms with E-state index in [9.17, 15) is 0 Å². The topological polar surface area (TPSA) is 67.8 Å². The molecule has 3 unspecified atom stereocenters. The lowest BCUT2D eigenvalue weighted by atomic mass is 9.38. The fourth-order valence-corrected chi connectivity index (χ4v) is 3.31. The van der Waals surface area contributed by atoms with Crippen molar-refractivity contribution in [1.82, 2.24) is 0 Å². The van der Waals surface area contributed by atoms with E-state index in [-0.39, 0.29) is 13.3 Å². The van der Waals surface area contributed by atoms with Gasteiger partial charge in [0.05, 0.1) is 11.6 Å². The number of nitrogens with zero attached hydrogens (tertiary/aromatic N) is 2. The lowest BCUT2D eigenvalue weighted by molar-refractivity contribution is 0.316. The third-order valence-corrected chi connectivity index (χ3v) is 4.66. The molecular formula is C17H21BN2O. The van der Waals surface area contributed by atoms with Crippen molar-refractivity contribution in [3.05, 3.63) is 35.9 Å². The fourth-order valence-electron chi connectivity index (χ4n) is 3.31.